The molecule has 0 saturated carbocycles. The highest BCUT2D eigenvalue weighted by Gasteiger charge is 2.13. The van der Waals surface area contributed by atoms with E-state index in [0.29, 0.717) is 18.5 Å². The summed E-state index contributed by atoms with van der Waals surface area (Å²) in [5, 5.41) is 14.3. The lowest BCUT2D eigenvalue weighted by Crippen LogP contribution is -2.18. The van der Waals surface area contributed by atoms with Crippen LogP contribution in [0.1, 0.15) is 39.1 Å². The van der Waals surface area contributed by atoms with E-state index in [0.717, 1.165) is 13.0 Å². The van der Waals surface area contributed by atoms with Gasteiger partial charge >= 0.3 is 6.01 Å². The number of aromatic nitrogens is 2. The number of nitrogens with zero attached hydrogens (tertiary/aromatic N) is 2. The Kier molecular flexibility index (Phi) is 5.93. The normalized spacial score (nSPS) is 14.6. The summed E-state index contributed by atoms with van der Waals surface area (Å²) >= 11 is 0. The summed E-state index contributed by atoms with van der Waals surface area (Å²) < 4.78 is 10.5. The van der Waals surface area contributed by atoms with Crippen molar-refractivity contribution in [2.75, 3.05) is 25.6 Å². The Morgan fingerprint density at radius 3 is 2.76 bits per heavy atom. The van der Waals surface area contributed by atoms with E-state index < -0.39 is 0 Å². The van der Waals surface area contributed by atoms with Gasteiger partial charge in [0, 0.05) is 19.8 Å². The van der Waals surface area contributed by atoms with E-state index >= 15 is 0 Å². The molecular weight excluding hydrogens is 220 g/mol. The fourth-order valence-electron chi connectivity index (χ4n) is 1.44. The molecule has 6 heteroatoms. The minimum atomic E-state index is 0.0809. The van der Waals surface area contributed by atoms with Crippen molar-refractivity contribution in [3.8, 4) is 0 Å². The third-order valence-corrected chi connectivity index (χ3v) is 2.45. The van der Waals surface area contributed by atoms with Crippen molar-refractivity contribution in [2.45, 2.75) is 39.3 Å². The lowest BCUT2D eigenvalue weighted by Gasteiger charge is -2.10. The molecule has 1 rings (SSSR count). The predicted molar refractivity (Wildman–Crippen MR) is 66.0 cm³/mol. The number of anilines is 1. The average molecular weight is 242 g/mol. The summed E-state index contributed by atoms with van der Waals surface area (Å²) in [6.07, 6.45) is 0.900. The Hall–Kier alpha value is -1.14. The van der Waals surface area contributed by atoms with Gasteiger partial charge in [-0.3, -0.25) is 0 Å². The van der Waals surface area contributed by atoms with Gasteiger partial charge in [-0.25, -0.2) is 0 Å². The highest BCUT2D eigenvalue weighted by atomic mass is 16.5. The minimum Gasteiger partial charge on any atom is -0.406 e. The second-order valence-electron chi connectivity index (χ2n) is 4.05. The summed E-state index contributed by atoms with van der Waals surface area (Å²) in [6.45, 7) is 7.67. The van der Waals surface area contributed by atoms with Crippen LogP contribution in [-0.2, 0) is 4.74 Å². The lowest BCUT2D eigenvalue weighted by atomic mass is 10.2. The molecule has 0 fully saturated rings. The molecule has 17 heavy (non-hydrogen) atoms. The van der Waals surface area contributed by atoms with Gasteiger partial charge in [0.15, 0.2) is 0 Å². The van der Waals surface area contributed by atoms with Gasteiger partial charge in [-0.2, -0.15) is 0 Å². The van der Waals surface area contributed by atoms with E-state index in [1.807, 2.05) is 13.8 Å². The minimum absolute atomic E-state index is 0.0809. The van der Waals surface area contributed by atoms with Gasteiger partial charge in [0.05, 0.1) is 6.04 Å². The number of rotatable bonds is 8. The molecule has 0 aliphatic rings. The zero-order valence-electron chi connectivity index (χ0n) is 11.0. The van der Waals surface area contributed by atoms with Crippen LogP contribution in [0, 0.1) is 0 Å². The average Bonchev–Trinajstić information content (AvgIpc) is 2.75. The molecule has 0 saturated heterocycles. The maximum atomic E-state index is 5.51. The molecule has 0 spiro atoms. The van der Waals surface area contributed by atoms with Crippen LogP contribution in [0.4, 0.5) is 6.01 Å². The predicted octanol–water partition coefficient (Wildman–Crippen LogP) is 1.58. The van der Waals surface area contributed by atoms with Crippen molar-refractivity contribution in [1.29, 1.82) is 0 Å². The van der Waals surface area contributed by atoms with Gasteiger partial charge in [-0.05, 0) is 26.8 Å². The molecule has 0 aromatic carbocycles. The second-order valence-corrected chi connectivity index (χ2v) is 4.05. The smallest absolute Gasteiger partial charge is 0.315 e. The number of ether oxygens (including phenoxy) is 1. The molecule has 1 heterocycles. The molecule has 1 aromatic rings. The molecule has 0 amide bonds. The standard InChI is InChI=1S/C11H22N4O2/c1-5-12-9(3)10-14-15-11(17-10)13-8(2)6-7-16-4/h8-9,12H,5-7H2,1-4H3,(H,13,15). The first-order valence-corrected chi connectivity index (χ1v) is 5.99. The van der Waals surface area contributed by atoms with Gasteiger partial charge in [0.25, 0.3) is 0 Å². The summed E-state index contributed by atoms with van der Waals surface area (Å²) in [4.78, 5) is 0. The topological polar surface area (TPSA) is 72.2 Å². The first kappa shape index (κ1) is 13.9. The van der Waals surface area contributed by atoms with Crippen LogP contribution in [0.5, 0.6) is 0 Å². The molecule has 0 radical (unpaired) electrons. The van der Waals surface area contributed by atoms with Gasteiger partial charge in [-0.15, -0.1) is 5.10 Å². The molecule has 2 N–H and O–H groups in total. The highest BCUT2D eigenvalue weighted by Crippen LogP contribution is 2.14. The fraction of sp³-hybridized carbons (Fsp3) is 0.818. The van der Waals surface area contributed by atoms with E-state index in [4.69, 9.17) is 9.15 Å². The number of methoxy groups -OCH3 is 1. The summed E-state index contributed by atoms with van der Waals surface area (Å²) in [5.41, 5.74) is 0. The van der Waals surface area contributed by atoms with E-state index in [1.54, 1.807) is 7.11 Å². The molecule has 0 bridgehead atoms. The molecule has 6 nitrogen and oxygen atoms in total. The summed E-state index contributed by atoms with van der Waals surface area (Å²) in [5.74, 6) is 0.605. The third-order valence-electron chi connectivity index (χ3n) is 2.45. The van der Waals surface area contributed by atoms with Crippen LogP contribution >= 0.6 is 0 Å². The Balaban J connectivity index is 2.44. The van der Waals surface area contributed by atoms with Crippen LogP contribution < -0.4 is 10.6 Å². The molecule has 2 atom stereocenters. The van der Waals surface area contributed by atoms with Crippen LogP contribution in [-0.4, -0.2) is 36.5 Å². The van der Waals surface area contributed by atoms with E-state index in [-0.39, 0.29) is 12.1 Å². The van der Waals surface area contributed by atoms with Gasteiger partial charge in [0.1, 0.15) is 0 Å². The quantitative estimate of drug-likeness (QED) is 0.721. The van der Waals surface area contributed by atoms with Crippen LogP contribution in [0.25, 0.3) is 0 Å². The highest BCUT2D eigenvalue weighted by molar-refractivity contribution is 5.19. The van der Waals surface area contributed by atoms with Crippen molar-refractivity contribution in [1.82, 2.24) is 15.5 Å². The SMILES string of the molecule is CCNC(C)c1nnc(NC(C)CCOC)o1. The monoisotopic (exact) mass is 242 g/mol. The van der Waals surface area contributed by atoms with Crippen molar-refractivity contribution in [2.24, 2.45) is 0 Å². The van der Waals surface area contributed by atoms with Gasteiger partial charge in [-0.1, -0.05) is 12.0 Å². The zero-order chi connectivity index (χ0) is 12.7. The van der Waals surface area contributed by atoms with Crippen molar-refractivity contribution in [3.05, 3.63) is 5.89 Å². The van der Waals surface area contributed by atoms with Crippen molar-refractivity contribution < 1.29 is 9.15 Å². The van der Waals surface area contributed by atoms with E-state index in [1.165, 1.54) is 0 Å². The summed E-state index contributed by atoms with van der Waals surface area (Å²) in [6, 6.07) is 0.795. The maximum Gasteiger partial charge on any atom is 0.315 e. The van der Waals surface area contributed by atoms with Crippen LogP contribution in [0.3, 0.4) is 0 Å². The molecule has 98 valence electrons. The summed E-state index contributed by atoms with van der Waals surface area (Å²) in [7, 11) is 1.69. The first-order chi connectivity index (χ1) is 8.17. The van der Waals surface area contributed by atoms with Gasteiger partial charge < -0.3 is 19.8 Å². The van der Waals surface area contributed by atoms with Crippen LogP contribution in [0.15, 0.2) is 4.42 Å². The molecule has 2 unspecified atom stereocenters. The Morgan fingerprint density at radius 2 is 2.12 bits per heavy atom. The Labute approximate surface area is 102 Å². The number of hydrogen-bond acceptors (Lipinski definition) is 6. The van der Waals surface area contributed by atoms with Crippen molar-refractivity contribution >= 4 is 6.01 Å². The number of nitrogens with one attached hydrogen (secondary N) is 2. The zero-order valence-corrected chi connectivity index (χ0v) is 11.0. The molecular formula is C11H22N4O2. The second kappa shape index (κ2) is 7.24. The molecule has 0 aliphatic carbocycles. The molecule has 1 aromatic heterocycles. The lowest BCUT2D eigenvalue weighted by molar-refractivity contribution is 0.191. The Morgan fingerprint density at radius 1 is 1.35 bits per heavy atom. The number of hydrogen-bond donors (Lipinski definition) is 2. The first-order valence-electron chi connectivity index (χ1n) is 5.99. The Bertz CT molecular complexity index is 316. The maximum absolute atomic E-state index is 5.51. The fourth-order valence-corrected chi connectivity index (χ4v) is 1.44. The van der Waals surface area contributed by atoms with Gasteiger partial charge in [0.2, 0.25) is 5.89 Å². The van der Waals surface area contributed by atoms with E-state index in [2.05, 4.69) is 27.8 Å². The van der Waals surface area contributed by atoms with Crippen LogP contribution in [0.2, 0.25) is 0 Å². The molecule has 0 aliphatic heterocycles. The third kappa shape index (κ3) is 4.70. The van der Waals surface area contributed by atoms with Crippen molar-refractivity contribution in [3.63, 3.8) is 0 Å². The largest absolute Gasteiger partial charge is 0.406 e. The van der Waals surface area contributed by atoms with E-state index in [9.17, 15) is 0 Å².